The molecule has 2 aromatic carbocycles. The number of carbonyl (C=O) groups excluding carboxylic acids is 2. The summed E-state index contributed by atoms with van der Waals surface area (Å²) in [5, 5.41) is 24.1. The quantitative estimate of drug-likeness (QED) is 0.215. The maximum atomic E-state index is 12.4. The molecule has 0 aliphatic heterocycles. The van der Waals surface area contributed by atoms with Gasteiger partial charge in [-0.15, -0.1) is 5.10 Å². The number of carboxylic acid groups (broad SMARTS) is 1. The number of thioether (sulfide) groups is 1. The summed E-state index contributed by atoms with van der Waals surface area (Å²) in [5.41, 5.74) is 3.79. The summed E-state index contributed by atoms with van der Waals surface area (Å²) in [6.45, 7) is 0. The molecular formula is C24H24ClN5O3S. The number of hydrogen-bond acceptors (Lipinski definition) is 6. The first-order valence-electron chi connectivity index (χ1n) is 11.0. The van der Waals surface area contributed by atoms with Gasteiger partial charge in [0, 0.05) is 16.1 Å². The number of aromatic carboxylic acids is 1. The lowest BCUT2D eigenvalue weighted by molar-refractivity contribution is -0.749. The molecule has 1 saturated carbocycles. The van der Waals surface area contributed by atoms with Gasteiger partial charge < -0.3 is 9.90 Å². The number of amides is 1. The highest BCUT2D eigenvalue weighted by Crippen LogP contribution is 2.29. The third-order valence-corrected chi connectivity index (χ3v) is 6.87. The number of carboxylic acids is 1. The number of nitrogens with one attached hydrogen (secondary N) is 2. The lowest BCUT2D eigenvalue weighted by Crippen LogP contribution is -2.43. The van der Waals surface area contributed by atoms with Crippen molar-refractivity contribution in [3.8, 4) is 11.4 Å². The number of H-pyrrole nitrogens is 1. The molecule has 0 atom stereocenters. The van der Waals surface area contributed by atoms with Crippen LogP contribution in [0.25, 0.3) is 11.4 Å². The Labute approximate surface area is 206 Å². The summed E-state index contributed by atoms with van der Waals surface area (Å²) >= 11 is 7.38. The van der Waals surface area contributed by atoms with Gasteiger partial charge in [0.25, 0.3) is 11.7 Å². The Morgan fingerprint density at radius 1 is 1.18 bits per heavy atom. The molecule has 1 aliphatic rings. The van der Waals surface area contributed by atoms with Crippen molar-refractivity contribution in [3.63, 3.8) is 0 Å². The van der Waals surface area contributed by atoms with Gasteiger partial charge in [0.2, 0.25) is 0 Å². The molecule has 8 nitrogen and oxygen atoms in total. The van der Waals surface area contributed by atoms with Crippen LogP contribution in [0.4, 0.5) is 0 Å². The van der Waals surface area contributed by atoms with Crippen molar-refractivity contribution in [2.24, 2.45) is 5.10 Å². The van der Waals surface area contributed by atoms with Crippen LogP contribution < -0.4 is 15.1 Å². The van der Waals surface area contributed by atoms with Crippen LogP contribution in [0.15, 0.2) is 58.8 Å². The van der Waals surface area contributed by atoms with Gasteiger partial charge >= 0.3 is 5.16 Å². The van der Waals surface area contributed by atoms with Gasteiger partial charge in [-0.25, -0.2) is 9.99 Å². The Balaban J connectivity index is 1.45. The third-order valence-electron chi connectivity index (χ3n) is 5.67. The molecule has 0 unspecified atom stereocenters. The fraction of sp³-hybridized carbons (Fsp3) is 0.292. The molecule has 34 heavy (non-hydrogen) atoms. The van der Waals surface area contributed by atoms with Crippen LogP contribution in [0.2, 0.25) is 5.02 Å². The number of rotatable bonds is 8. The molecule has 176 valence electrons. The average molecular weight is 498 g/mol. The SMILES string of the molecule is O=C(CSc1n[nH]c(-c2ccc(Cl)cc2)[n+]1C1CCCCC1)NN=Cc1ccccc1C(=O)[O-]. The minimum absolute atomic E-state index is 0.00893. The fourth-order valence-electron chi connectivity index (χ4n) is 4.03. The average Bonchev–Trinajstić information content (AvgIpc) is 3.28. The van der Waals surface area contributed by atoms with Gasteiger partial charge in [-0.3, -0.25) is 4.79 Å². The largest absolute Gasteiger partial charge is 0.545 e. The van der Waals surface area contributed by atoms with E-state index in [2.05, 4.69) is 25.3 Å². The zero-order chi connectivity index (χ0) is 23.9. The molecule has 3 aromatic rings. The second kappa shape index (κ2) is 11.3. The first-order chi connectivity index (χ1) is 16.5. The number of halogens is 1. The minimum Gasteiger partial charge on any atom is -0.545 e. The van der Waals surface area contributed by atoms with Crippen LogP contribution in [0.3, 0.4) is 0 Å². The number of hydrogen-bond donors (Lipinski definition) is 2. The molecule has 1 heterocycles. The van der Waals surface area contributed by atoms with E-state index in [1.165, 1.54) is 30.5 Å². The fourth-order valence-corrected chi connectivity index (χ4v) is 4.97. The maximum absolute atomic E-state index is 12.4. The van der Waals surface area contributed by atoms with E-state index in [1.54, 1.807) is 18.2 Å². The highest BCUT2D eigenvalue weighted by molar-refractivity contribution is 7.99. The lowest BCUT2D eigenvalue weighted by atomic mass is 9.95. The van der Waals surface area contributed by atoms with E-state index in [1.807, 2.05) is 24.3 Å². The van der Waals surface area contributed by atoms with Gasteiger partial charge in [0.15, 0.2) is 0 Å². The van der Waals surface area contributed by atoms with Crippen LogP contribution >= 0.6 is 23.4 Å². The topological polar surface area (TPSA) is 114 Å². The lowest BCUT2D eigenvalue weighted by Gasteiger charge is -2.21. The standard InChI is InChI=1S/C24H24ClN5O3S/c25-18-12-10-16(11-13-18)22-28-29-24(30(22)19-7-2-1-3-8-19)34-15-21(31)27-26-14-17-6-4-5-9-20(17)23(32)33/h4-6,9-14,19H,1-3,7-8,15H2,(H2,27,31,32,33). The number of nitrogens with zero attached hydrogens (tertiary/aromatic N) is 3. The molecule has 0 spiro atoms. The molecule has 1 aromatic heterocycles. The number of carbonyl (C=O) groups is 2. The van der Waals surface area contributed by atoms with Crippen LogP contribution in [-0.2, 0) is 4.79 Å². The van der Waals surface area contributed by atoms with Crippen LogP contribution in [-0.4, -0.2) is 34.0 Å². The second-order valence-electron chi connectivity index (χ2n) is 7.98. The van der Waals surface area contributed by atoms with E-state index < -0.39 is 5.97 Å². The summed E-state index contributed by atoms with van der Waals surface area (Å²) in [5.74, 6) is -0.620. The van der Waals surface area contributed by atoms with Crippen molar-refractivity contribution < 1.29 is 19.3 Å². The second-order valence-corrected chi connectivity index (χ2v) is 9.36. The Hall–Kier alpha value is -3.17. The Morgan fingerprint density at radius 2 is 1.91 bits per heavy atom. The molecule has 0 saturated heterocycles. The van der Waals surface area contributed by atoms with E-state index in [4.69, 9.17) is 11.6 Å². The van der Waals surface area contributed by atoms with Gasteiger partial charge in [0.05, 0.1) is 34.6 Å². The molecular weight excluding hydrogens is 474 g/mol. The Morgan fingerprint density at radius 3 is 2.65 bits per heavy atom. The number of aromatic amines is 1. The van der Waals surface area contributed by atoms with Crippen LogP contribution in [0.1, 0.15) is 54.1 Å². The van der Waals surface area contributed by atoms with Gasteiger partial charge in [-0.1, -0.05) is 42.3 Å². The monoisotopic (exact) mass is 497 g/mol. The number of hydrazone groups is 1. The van der Waals surface area contributed by atoms with Crippen molar-refractivity contribution >= 4 is 41.5 Å². The first-order valence-corrected chi connectivity index (χ1v) is 12.4. The van der Waals surface area contributed by atoms with E-state index in [0.717, 1.165) is 42.2 Å². The summed E-state index contributed by atoms with van der Waals surface area (Å²) in [6.07, 6.45) is 6.97. The summed E-state index contributed by atoms with van der Waals surface area (Å²) in [6, 6.07) is 14.2. The van der Waals surface area contributed by atoms with E-state index in [0.29, 0.717) is 16.6 Å². The maximum Gasteiger partial charge on any atom is 0.337 e. The normalized spacial score (nSPS) is 14.4. The molecule has 10 heteroatoms. The number of aromatic nitrogens is 3. The number of benzene rings is 2. The summed E-state index contributed by atoms with van der Waals surface area (Å²) in [4.78, 5) is 23.6. The summed E-state index contributed by atoms with van der Waals surface area (Å²) < 4.78 is 2.19. The molecule has 0 radical (unpaired) electrons. The highest BCUT2D eigenvalue weighted by Gasteiger charge is 2.30. The predicted molar refractivity (Wildman–Crippen MR) is 129 cm³/mol. The van der Waals surface area contributed by atoms with Crippen molar-refractivity contribution in [1.82, 2.24) is 15.6 Å². The summed E-state index contributed by atoms with van der Waals surface area (Å²) in [7, 11) is 0. The Bertz CT molecular complexity index is 1190. The van der Waals surface area contributed by atoms with E-state index >= 15 is 0 Å². The van der Waals surface area contributed by atoms with Crippen LogP contribution in [0, 0.1) is 0 Å². The van der Waals surface area contributed by atoms with Crippen molar-refractivity contribution in [1.29, 1.82) is 0 Å². The first kappa shape index (κ1) is 24.0. The molecule has 4 rings (SSSR count). The van der Waals surface area contributed by atoms with Gasteiger partial charge in [-0.05, 0) is 61.7 Å². The van der Waals surface area contributed by atoms with Gasteiger partial charge in [0.1, 0.15) is 0 Å². The molecule has 1 amide bonds. The minimum atomic E-state index is -1.30. The van der Waals surface area contributed by atoms with Gasteiger partial charge in [-0.2, -0.15) is 5.10 Å². The highest BCUT2D eigenvalue weighted by atomic mass is 35.5. The van der Waals surface area contributed by atoms with Crippen molar-refractivity contribution in [3.05, 3.63) is 64.7 Å². The zero-order valence-electron chi connectivity index (χ0n) is 18.4. The van der Waals surface area contributed by atoms with E-state index in [-0.39, 0.29) is 17.2 Å². The van der Waals surface area contributed by atoms with Crippen LogP contribution in [0.5, 0.6) is 0 Å². The van der Waals surface area contributed by atoms with Crippen molar-refractivity contribution in [2.45, 2.75) is 43.3 Å². The molecule has 1 fully saturated rings. The predicted octanol–water partition coefficient (Wildman–Crippen LogP) is 3.13. The van der Waals surface area contributed by atoms with Crippen molar-refractivity contribution in [2.75, 3.05) is 5.75 Å². The Kier molecular flexibility index (Phi) is 7.97. The molecule has 2 N–H and O–H groups in total. The molecule has 0 bridgehead atoms. The smallest absolute Gasteiger partial charge is 0.337 e. The third kappa shape index (κ3) is 5.84. The van der Waals surface area contributed by atoms with E-state index in [9.17, 15) is 14.7 Å². The zero-order valence-corrected chi connectivity index (χ0v) is 19.9. The molecule has 1 aliphatic carbocycles.